The molecule has 3 rings (SSSR count). The van der Waals surface area contributed by atoms with Crippen molar-refractivity contribution >= 4 is 17.5 Å². The van der Waals surface area contributed by atoms with Crippen LogP contribution in [0.4, 0.5) is 0 Å². The zero-order valence-electron chi connectivity index (χ0n) is 12.2. The minimum absolute atomic E-state index is 0.0158. The number of hydrogen-bond donors (Lipinski definition) is 2. The maximum absolute atomic E-state index is 12.4. The number of carbonyl (C=O) groups excluding carboxylic acids is 1. The summed E-state index contributed by atoms with van der Waals surface area (Å²) in [5.41, 5.74) is 0.412. The Hall–Kier alpha value is -1.26. The Bertz CT molecular complexity index is 573. The van der Waals surface area contributed by atoms with Crippen LogP contribution in [-0.2, 0) is 4.74 Å². The highest BCUT2D eigenvalue weighted by molar-refractivity contribution is 6.32. The Morgan fingerprint density at radius 1 is 1.48 bits per heavy atom. The fourth-order valence-electron chi connectivity index (χ4n) is 3.69. The van der Waals surface area contributed by atoms with E-state index in [0.717, 1.165) is 19.4 Å². The number of phenols is 1. The number of amides is 1. The summed E-state index contributed by atoms with van der Waals surface area (Å²) in [5, 5.41) is 12.7. The van der Waals surface area contributed by atoms with Gasteiger partial charge < -0.3 is 15.2 Å². The summed E-state index contributed by atoms with van der Waals surface area (Å²) < 4.78 is 5.84. The van der Waals surface area contributed by atoms with E-state index in [1.54, 1.807) is 6.07 Å². The van der Waals surface area contributed by atoms with E-state index >= 15 is 0 Å². The van der Waals surface area contributed by atoms with Crippen LogP contribution in [0.1, 0.15) is 37.0 Å². The molecule has 5 heteroatoms. The van der Waals surface area contributed by atoms with Gasteiger partial charge in [-0.1, -0.05) is 25.4 Å². The van der Waals surface area contributed by atoms with Crippen LogP contribution in [0.3, 0.4) is 0 Å². The normalized spacial score (nSPS) is 30.1. The molecule has 1 aliphatic carbocycles. The third kappa shape index (κ3) is 2.40. The molecule has 1 saturated carbocycles. The molecule has 1 amide bonds. The van der Waals surface area contributed by atoms with Gasteiger partial charge in [0.15, 0.2) is 0 Å². The quantitative estimate of drug-likeness (QED) is 0.883. The summed E-state index contributed by atoms with van der Waals surface area (Å²) in [6.07, 6.45) is 2.38. The van der Waals surface area contributed by atoms with E-state index in [2.05, 4.69) is 19.2 Å². The molecule has 114 valence electrons. The highest BCUT2D eigenvalue weighted by atomic mass is 35.5. The van der Waals surface area contributed by atoms with Gasteiger partial charge in [-0.3, -0.25) is 4.79 Å². The predicted molar refractivity (Wildman–Crippen MR) is 80.6 cm³/mol. The van der Waals surface area contributed by atoms with Gasteiger partial charge in [-0.25, -0.2) is 0 Å². The van der Waals surface area contributed by atoms with Crippen molar-refractivity contribution in [3.05, 3.63) is 28.8 Å². The summed E-state index contributed by atoms with van der Waals surface area (Å²) in [4.78, 5) is 12.4. The summed E-state index contributed by atoms with van der Waals surface area (Å²) in [5.74, 6) is 0.224. The lowest BCUT2D eigenvalue weighted by molar-refractivity contribution is -0.189. The molecule has 1 aromatic rings. The van der Waals surface area contributed by atoms with Gasteiger partial charge in [0.1, 0.15) is 5.75 Å². The minimum Gasteiger partial charge on any atom is -0.506 e. The number of carbonyl (C=O) groups is 1. The number of fused-ring (bicyclic) bond motifs is 1. The molecular weight excluding hydrogens is 290 g/mol. The Balaban J connectivity index is 1.73. The van der Waals surface area contributed by atoms with Crippen LogP contribution in [0.25, 0.3) is 0 Å². The third-order valence-corrected chi connectivity index (χ3v) is 5.13. The molecular formula is C16H20ClNO3. The molecule has 3 atom stereocenters. The summed E-state index contributed by atoms with van der Waals surface area (Å²) in [6.45, 7) is 5.08. The average molecular weight is 310 g/mol. The number of phenolic OH excluding ortho intramolecular Hbond substituents is 1. The zero-order chi connectivity index (χ0) is 15.2. The summed E-state index contributed by atoms with van der Waals surface area (Å²) >= 11 is 5.86. The highest BCUT2D eigenvalue weighted by Crippen LogP contribution is 2.51. The molecule has 1 saturated heterocycles. The standard InChI is InChI=1S/C16H20ClNO3/c1-16(2)13(10-4-3-7-21-14(10)16)18-15(20)9-5-6-12(19)11(17)8-9/h5-6,8,10,13-14,19H,3-4,7H2,1-2H3,(H,18,20). The van der Waals surface area contributed by atoms with Crippen molar-refractivity contribution in [2.45, 2.75) is 38.8 Å². The van der Waals surface area contributed by atoms with Crippen molar-refractivity contribution in [3.8, 4) is 5.75 Å². The van der Waals surface area contributed by atoms with Crippen molar-refractivity contribution in [3.63, 3.8) is 0 Å². The van der Waals surface area contributed by atoms with Crippen LogP contribution < -0.4 is 5.32 Å². The SMILES string of the molecule is CC1(C)C(NC(=O)c2ccc(O)c(Cl)c2)C2CCCOC21. The summed E-state index contributed by atoms with van der Waals surface area (Å²) in [6, 6.07) is 4.63. The first kappa shape index (κ1) is 14.7. The fourth-order valence-corrected chi connectivity index (χ4v) is 3.87. The number of ether oxygens (including phenoxy) is 1. The second kappa shape index (κ2) is 5.18. The van der Waals surface area contributed by atoms with Crippen molar-refractivity contribution in [1.82, 2.24) is 5.32 Å². The number of benzene rings is 1. The molecule has 2 fully saturated rings. The van der Waals surface area contributed by atoms with Gasteiger partial charge in [0.2, 0.25) is 0 Å². The Labute approximate surface area is 129 Å². The maximum atomic E-state index is 12.4. The Morgan fingerprint density at radius 3 is 2.95 bits per heavy atom. The van der Waals surface area contributed by atoms with Gasteiger partial charge in [0, 0.05) is 29.5 Å². The molecule has 0 bridgehead atoms. The second-order valence-electron chi connectivity index (χ2n) is 6.54. The van der Waals surface area contributed by atoms with Gasteiger partial charge in [0.25, 0.3) is 5.91 Å². The molecule has 3 unspecified atom stereocenters. The number of rotatable bonds is 2. The molecule has 2 aliphatic rings. The van der Waals surface area contributed by atoms with Crippen LogP contribution in [0.5, 0.6) is 5.75 Å². The number of hydrogen-bond acceptors (Lipinski definition) is 3. The van der Waals surface area contributed by atoms with E-state index in [1.165, 1.54) is 12.1 Å². The van der Waals surface area contributed by atoms with E-state index in [0.29, 0.717) is 11.5 Å². The smallest absolute Gasteiger partial charge is 0.251 e. The van der Waals surface area contributed by atoms with Crippen LogP contribution in [0, 0.1) is 11.3 Å². The first-order valence-electron chi connectivity index (χ1n) is 7.32. The number of halogens is 1. The van der Waals surface area contributed by atoms with E-state index in [4.69, 9.17) is 16.3 Å². The summed E-state index contributed by atoms with van der Waals surface area (Å²) in [7, 11) is 0. The molecule has 1 heterocycles. The van der Waals surface area contributed by atoms with Gasteiger partial charge in [0.05, 0.1) is 11.1 Å². The van der Waals surface area contributed by atoms with Gasteiger partial charge >= 0.3 is 0 Å². The number of nitrogens with one attached hydrogen (secondary N) is 1. The van der Waals surface area contributed by atoms with Gasteiger partial charge in [-0.2, -0.15) is 0 Å². The molecule has 1 aromatic carbocycles. The van der Waals surface area contributed by atoms with Crippen molar-refractivity contribution in [2.75, 3.05) is 6.61 Å². The molecule has 0 radical (unpaired) electrons. The minimum atomic E-state index is -0.154. The largest absolute Gasteiger partial charge is 0.506 e. The van der Waals surface area contributed by atoms with E-state index in [-0.39, 0.29) is 34.2 Å². The number of aromatic hydroxyl groups is 1. The van der Waals surface area contributed by atoms with Gasteiger partial charge in [-0.05, 0) is 31.0 Å². The lowest BCUT2D eigenvalue weighted by Gasteiger charge is -2.59. The monoisotopic (exact) mass is 309 g/mol. The highest BCUT2D eigenvalue weighted by Gasteiger charge is 2.58. The molecule has 0 aromatic heterocycles. The predicted octanol–water partition coefficient (Wildman–Crippen LogP) is 2.98. The fraction of sp³-hybridized carbons (Fsp3) is 0.562. The second-order valence-corrected chi connectivity index (χ2v) is 6.94. The molecule has 0 spiro atoms. The van der Waals surface area contributed by atoms with E-state index in [9.17, 15) is 9.90 Å². The third-order valence-electron chi connectivity index (χ3n) is 4.83. The first-order chi connectivity index (χ1) is 9.91. The Morgan fingerprint density at radius 2 is 2.24 bits per heavy atom. The molecule has 21 heavy (non-hydrogen) atoms. The lowest BCUT2D eigenvalue weighted by Crippen LogP contribution is -2.70. The molecule has 2 N–H and O–H groups in total. The van der Waals surface area contributed by atoms with Crippen LogP contribution in [-0.4, -0.2) is 29.8 Å². The first-order valence-corrected chi connectivity index (χ1v) is 7.70. The van der Waals surface area contributed by atoms with E-state index < -0.39 is 0 Å². The van der Waals surface area contributed by atoms with Crippen molar-refractivity contribution in [2.24, 2.45) is 11.3 Å². The molecule has 4 nitrogen and oxygen atoms in total. The van der Waals surface area contributed by atoms with Crippen LogP contribution >= 0.6 is 11.6 Å². The topological polar surface area (TPSA) is 58.6 Å². The van der Waals surface area contributed by atoms with Crippen molar-refractivity contribution in [1.29, 1.82) is 0 Å². The van der Waals surface area contributed by atoms with Crippen LogP contribution in [0.15, 0.2) is 18.2 Å². The average Bonchev–Trinajstić information content (AvgIpc) is 2.47. The Kier molecular flexibility index (Phi) is 3.62. The maximum Gasteiger partial charge on any atom is 0.251 e. The van der Waals surface area contributed by atoms with Gasteiger partial charge in [-0.15, -0.1) is 0 Å². The zero-order valence-corrected chi connectivity index (χ0v) is 13.0. The molecule has 1 aliphatic heterocycles. The van der Waals surface area contributed by atoms with E-state index in [1.807, 2.05) is 0 Å². The lowest BCUT2D eigenvalue weighted by atomic mass is 9.55. The van der Waals surface area contributed by atoms with Crippen molar-refractivity contribution < 1.29 is 14.6 Å². The van der Waals surface area contributed by atoms with Crippen LogP contribution in [0.2, 0.25) is 5.02 Å².